The second-order valence-electron chi connectivity index (χ2n) is 5.53. The zero-order valence-corrected chi connectivity index (χ0v) is 15.2. The van der Waals surface area contributed by atoms with Gasteiger partial charge in [0.05, 0.1) is 5.02 Å². The van der Waals surface area contributed by atoms with Gasteiger partial charge in [-0.05, 0) is 44.2 Å². The van der Waals surface area contributed by atoms with E-state index in [2.05, 4.69) is 26.9 Å². The fraction of sp³-hybridized carbons (Fsp3) is 0.111. The lowest BCUT2D eigenvalue weighted by Gasteiger charge is -2.06. The molecule has 0 radical (unpaired) electrons. The van der Waals surface area contributed by atoms with E-state index in [-0.39, 0.29) is 5.02 Å². The van der Waals surface area contributed by atoms with Crippen LogP contribution in [0.5, 0.6) is 0 Å². The highest BCUT2D eigenvalue weighted by atomic mass is 35.5. The summed E-state index contributed by atoms with van der Waals surface area (Å²) in [6.07, 6.45) is 1.86. The van der Waals surface area contributed by atoms with E-state index in [9.17, 15) is 4.39 Å². The molecule has 0 aliphatic heterocycles. The molecule has 4 nitrogen and oxygen atoms in total. The topological polar surface area (TPSA) is 49.8 Å². The average Bonchev–Trinajstić information content (AvgIpc) is 3.00. The van der Waals surface area contributed by atoms with Crippen molar-refractivity contribution in [2.75, 3.05) is 10.6 Å². The number of hydrogen-bond acceptors (Lipinski definition) is 5. The molecule has 0 aliphatic carbocycles. The molecule has 0 aliphatic rings. The third kappa shape index (κ3) is 4.78. The number of nitrogens with one attached hydrogen (secondary N) is 2. The lowest BCUT2D eigenvalue weighted by atomic mass is 10.2. The Bertz CT molecular complexity index is 906. The Balaban J connectivity index is 1.67. The van der Waals surface area contributed by atoms with Crippen molar-refractivity contribution in [1.29, 1.82) is 0 Å². The van der Waals surface area contributed by atoms with Gasteiger partial charge in [0.2, 0.25) is 5.13 Å². The molecule has 1 aromatic heterocycles. The van der Waals surface area contributed by atoms with Gasteiger partial charge in [0, 0.05) is 34.7 Å². The van der Waals surface area contributed by atoms with Gasteiger partial charge < -0.3 is 10.6 Å². The summed E-state index contributed by atoms with van der Waals surface area (Å²) >= 11 is 7.00. The van der Waals surface area contributed by atoms with Crippen LogP contribution in [0.25, 0.3) is 6.08 Å². The minimum Gasteiger partial charge on any atom is -0.359 e. The number of allylic oxidation sites excluding steroid dienone is 1. The number of benzene rings is 2. The van der Waals surface area contributed by atoms with Gasteiger partial charge >= 0.3 is 0 Å². The van der Waals surface area contributed by atoms with Gasteiger partial charge in [0.15, 0.2) is 5.82 Å². The molecule has 128 valence electrons. The summed E-state index contributed by atoms with van der Waals surface area (Å²) in [6.45, 7) is 4.00. The van der Waals surface area contributed by atoms with Gasteiger partial charge in [0.1, 0.15) is 5.82 Å². The highest BCUT2D eigenvalue weighted by Gasteiger charge is 2.05. The molecule has 0 saturated carbocycles. The van der Waals surface area contributed by atoms with E-state index in [1.165, 1.54) is 29.2 Å². The quantitative estimate of drug-likeness (QED) is 0.587. The van der Waals surface area contributed by atoms with Gasteiger partial charge in [-0.1, -0.05) is 29.3 Å². The number of halogens is 2. The van der Waals surface area contributed by atoms with E-state index in [4.69, 9.17) is 11.6 Å². The monoisotopic (exact) mass is 374 g/mol. The van der Waals surface area contributed by atoms with Crippen molar-refractivity contribution >= 4 is 45.7 Å². The lowest BCUT2D eigenvalue weighted by Crippen LogP contribution is -1.96. The molecule has 0 amide bonds. The van der Waals surface area contributed by atoms with Crippen LogP contribution in [-0.2, 0) is 0 Å². The zero-order valence-electron chi connectivity index (χ0n) is 13.7. The summed E-state index contributed by atoms with van der Waals surface area (Å²) in [4.78, 5) is 4.40. The number of hydrogen-bond donors (Lipinski definition) is 2. The summed E-state index contributed by atoms with van der Waals surface area (Å²) in [7, 11) is 0. The first-order valence-electron chi connectivity index (χ1n) is 7.57. The van der Waals surface area contributed by atoms with Crippen molar-refractivity contribution in [3.8, 4) is 0 Å². The van der Waals surface area contributed by atoms with Crippen molar-refractivity contribution in [2.45, 2.75) is 13.8 Å². The fourth-order valence-electron chi connectivity index (χ4n) is 2.14. The molecule has 3 rings (SSSR count). The normalized spacial score (nSPS) is 11.4. The predicted octanol–water partition coefficient (Wildman–Crippen LogP) is 5.86. The summed E-state index contributed by atoms with van der Waals surface area (Å²) in [5, 5.41) is 7.03. The molecule has 0 spiro atoms. The highest BCUT2D eigenvalue weighted by molar-refractivity contribution is 7.09. The number of nitrogens with zero attached hydrogens (tertiary/aromatic N) is 2. The Morgan fingerprint density at radius 2 is 1.88 bits per heavy atom. The largest absolute Gasteiger partial charge is 0.359 e. The molecular formula is C18H16ClFN4S. The smallest absolute Gasteiger partial charge is 0.207 e. The Kier molecular flexibility index (Phi) is 5.31. The van der Waals surface area contributed by atoms with Gasteiger partial charge in [-0.25, -0.2) is 4.39 Å². The second kappa shape index (κ2) is 7.63. The number of aromatic nitrogens is 2. The van der Waals surface area contributed by atoms with Crippen LogP contribution in [0.1, 0.15) is 18.3 Å². The van der Waals surface area contributed by atoms with E-state index in [1.807, 2.05) is 37.3 Å². The molecule has 0 unspecified atom stereocenters. The van der Waals surface area contributed by atoms with Crippen molar-refractivity contribution in [2.24, 2.45) is 0 Å². The fourth-order valence-corrected chi connectivity index (χ4v) is 2.89. The second-order valence-corrected chi connectivity index (χ2v) is 6.69. The van der Waals surface area contributed by atoms with Crippen LogP contribution < -0.4 is 10.6 Å². The van der Waals surface area contributed by atoms with Crippen LogP contribution in [-0.4, -0.2) is 9.36 Å². The van der Waals surface area contributed by atoms with Gasteiger partial charge in [-0.15, -0.1) is 0 Å². The minimum absolute atomic E-state index is 0.0628. The predicted molar refractivity (Wildman–Crippen MR) is 103 cm³/mol. The highest BCUT2D eigenvalue weighted by Crippen LogP contribution is 2.24. The average molecular weight is 375 g/mol. The lowest BCUT2D eigenvalue weighted by molar-refractivity contribution is 0.628. The summed E-state index contributed by atoms with van der Waals surface area (Å²) in [6, 6.07) is 12.6. The molecule has 0 fully saturated rings. The van der Waals surface area contributed by atoms with Crippen LogP contribution in [0.4, 0.5) is 20.9 Å². The molecule has 3 aromatic rings. The maximum Gasteiger partial charge on any atom is 0.207 e. The van der Waals surface area contributed by atoms with Gasteiger partial charge in [-0.2, -0.15) is 9.36 Å². The molecule has 25 heavy (non-hydrogen) atoms. The summed E-state index contributed by atoms with van der Waals surface area (Å²) in [5.74, 6) is 0.142. The standard InChI is InChI=1S/C18H16ClFN4S/c1-11-3-5-13(6-4-11)21-12(2)9-17-23-18(25-24-17)22-14-7-8-16(20)15(19)10-14/h3-10,21H,1-2H3,(H,22,23,24)/b12-9+. The van der Waals surface area contributed by atoms with E-state index < -0.39 is 5.82 Å². The minimum atomic E-state index is -0.453. The van der Waals surface area contributed by atoms with Crippen molar-refractivity contribution < 1.29 is 4.39 Å². The SMILES string of the molecule is C/C(=C\c1nsc(Nc2ccc(F)c(Cl)c2)n1)Nc1ccc(C)cc1. The molecule has 7 heteroatoms. The third-order valence-corrected chi connectivity index (χ3v) is 4.29. The molecule has 2 aromatic carbocycles. The van der Waals surface area contributed by atoms with Crippen LogP contribution in [0, 0.1) is 12.7 Å². The Hall–Kier alpha value is -2.44. The van der Waals surface area contributed by atoms with Crippen LogP contribution in [0.2, 0.25) is 5.02 Å². The number of anilines is 3. The van der Waals surface area contributed by atoms with Crippen molar-refractivity contribution in [1.82, 2.24) is 9.36 Å². The molecule has 0 saturated heterocycles. The summed E-state index contributed by atoms with van der Waals surface area (Å²) < 4.78 is 17.5. The Morgan fingerprint density at radius 3 is 2.60 bits per heavy atom. The van der Waals surface area contributed by atoms with E-state index >= 15 is 0 Å². The maximum absolute atomic E-state index is 13.2. The first-order chi connectivity index (χ1) is 12.0. The zero-order chi connectivity index (χ0) is 17.8. The first kappa shape index (κ1) is 17.4. The molecule has 2 N–H and O–H groups in total. The summed E-state index contributed by atoms with van der Waals surface area (Å²) in [5.41, 5.74) is 3.81. The van der Waals surface area contributed by atoms with Crippen molar-refractivity contribution in [3.63, 3.8) is 0 Å². The number of aryl methyl sites for hydroxylation is 1. The van der Waals surface area contributed by atoms with Gasteiger partial charge in [-0.3, -0.25) is 0 Å². The number of rotatable bonds is 5. The molecular weight excluding hydrogens is 359 g/mol. The van der Waals surface area contributed by atoms with Crippen LogP contribution in [0.3, 0.4) is 0 Å². The third-order valence-electron chi connectivity index (χ3n) is 3.35. The van der Waals surface area contributed by atoms with Crippen molar-refractivity contribution in [3.05, 3.63) is 70.4 Å². The van der Waals surface area contributed by atoms with Crippen LogP contribution >= 0.6 is 23.1 Å². The van der Waals surface area contributed by atoms with E-state index in [1.54, 1.807) is 6.07 Å². The van der Waals surface area contributed by atoms with Gasteiger partial charge in [0.25, 0.3) is 0 Å². The molecule has 0 atom stereocenters. The Labute approximate surface area is 154 Å². The van der Waals surface area contributed by atoms with E-state index in [0.29, 0.717) is 16.6 Å². The maximum atomic E-state index is 13.2. The molecule has 1 heterocycles. The van der Waals surface area contributed by atoms with E-state index in [0.717, 1.165) is 11.4 Å². The Morgan fingerprint density at radius 1 is 1.16 bits per heavy atom. The first-order valence-corrected chi connectivity index (χ1v) is 8.72. The van der Waals surface area contributed by atoms with Crippen LogP contribution in [0.15, 0.2) is 48.2 Å². The molecule has 0 bridgehead atoms.